The molecule has 2 amide bonds. The smallest absolute Gasteiger partial charge is 0.255 e. The molecule has 1 N–H and O–H groups in total. The number of amides is 2. The predicted molar refractivity (Wildman–Crippen MR) is 126 cm³/mol. The molecule has 0 saturated heterocycles. The fourth-order valence-corrected chi connectivity index (χ4v) is 4.50. The maximum absolute atomic E-state index is 13.7. The summed E-state index contributed by atoms with van der Waals surface area (Å²) in [6.07, 6.45) is 5.34. The molecule has 4 nitrogen and oxygen atoms in total. The number of hydrogen-bond donors (Lipinski definition) is 1. The maximum Gasteiger partial charge on any atom is 0.255 e. The van der Waals surface area contributed by atoms with Gasteiger partial charge in [-0.15, -0.1) is 0 Å². The van der Waals surface area contributed by atoms with Gasteiger partial charge in [-0.1, -0.05) is 79.9 Å². The lowest BCUT2D eigenvalue weighted by atomic mass is 9.82. The van der Waals surface area contributed by atoms with Crippen molar-refractivity contribution in [2.24, 2.45) is 5.92 Å². The Kier molecular flexibility index (Phi) is 8.05. The van der Waals surface area contributed by atoms with Crippen LogP contribution in [0.1, 0.15) is 60.5 Å². The van der Waals surface area contributed by atoms with Crippen molar-refractivity contribution in [2.75, 3.05) is 6.54 Å². The van der Waals surface area contributed by atoms with Gasteiger partial charge < -0.3 is 10.2 Å². The van der Waals surface area contributed by atoms with Crippen LogP contribution < -0.4 is 5.32 Å². The van der Waals surface area contributed by atoms with Crippen molar-refractivity contribution in [3.63, 3.8) is 0 Å². The van der Waals surface area contributed by atoms with E-state index in [0.29, 0.717) is 18.7 Å². The Hall–Kier alpha value is -2.88. The fraction of sp³-hybridized carbons (Fsp3) is 0.407. The van der Waals surface area contributed by atoms with Crippen molar-refractivity contribution in [3.8, 4) is 0 Å². The van der Waals surface area contributed by atoms with E-state index in [0.717, 1.165) is 42.4 Å². The van der Waals surface area contributed by atoms with Crippen molar-refractivity contribution >= 4 is 11.8 Å². The summed E-state index contributed by atoms with van der Waals surface area (Å²) in [5, 5.41) is 3.11. The number of carbonyl (C=O) groups excluding carboxylic acids is 2. The summed E-state index contributed by atoms with van der Waals surface area (Å²) in [4.78, 5) is 29.0. The molecule has 4 heteroatoms. The minimum absolute atomic E-state index is 0.0704. The Balaban J connectivity index is 1.90. The number of carbonyl (C=O) groups is 2. The first-order valence-corrected chi connectivity index (χ1v) is 11.3. The molecule has 2 aromatic carbocycles. The summed E-state index contributed by atoms with van der Waals surface area (Å²) in [6, 6.07) is 17.0. The average molecular weight is 419 g/mol. The molecule has 0 heterocycles. The molecule has 1 unspecified atom stereocenters. The van der Waals surface area contributed by atoms with Crippen LogP contribution in [0, 0.1) is 12.8 Å². The third-order valence-electron chi connectivity index (χ3n) is 6.09. The van der Waals surface area contributed by atoms with E-state index in [1.807, 2.05) is 68.4 Å². The summed E-state index contributed by atoms with van der Waals surface area (Å²) in [6.45, 7) is 8.75. The minimum Gasteiger partial charge on any atom is -0.350 e. The van der Waals surface area contributed by atoms with Crippen LogP contribution in [0.2, 0.25) is 0 Å². The first-order chi connectivity index (χ1) is 15.0. The molecule has 31 heavy (non-hydrogen) atoms. The summed E-state index contributed by atoms with van der Waals surface area (Å²) in [5.41, 5.74) is 3.50. The Morgan fingerprint density at radius 1 is 1.03 bits per heavy atom. The van der Waals surface area contributed by atoms with Crippen molar-refractivity contribution in [3.05, 3.63) is 83.4 Å². The van der Waals surface area contributed by atoms with Gasteiger partial charge in [-0.3, -0.25) is 9.59 Å². The van der Waals surface area contributed by atoms with Gasteiger partial charge in [0.25, 0.3) is 5.91 Å². The second-order valence-electron chi connectivity index (χ2n) is 8.75. The number of rotatable bonds is 8. The zero-order valence-electron chi connectivity index (χ0n) is 18.8. The van der Waals surface area contributed by atoms with Gasteiger partial charge in [0.05, 0.1) is 0 Å². The molecule has 2 aromatic rings. The third-order valence-corrected chi connectivity index (χ3v) is 6.09. The highest BCUT2D eigenvalue weighted by molar-refractivity contribution is 5.99. The summed E-state index contributed by atoms with van der Waals surface area (Å²) >= 11 is 0. The van der Waals surface area contributed by atoms with Crippen molar-refractivity contribution in [2.45, 2.75) is 58.5 Å². The van der Waals surface area contributed by atoms with E-state index in [2.05, 4.69) is 11.9 Å². The van der Waals surface area contributed by atoms with Crippen LogP contribution in [0.15, 0.2) is 66.7 Å². The average Bonchev–Trinajstić information content (AvgIpc) is 2.78. The van der Waals surface area contributed by atoms with E-state index in [1.165, 1.54) is 6.42 Å². The standard InChI is InChI=1S/C27H34N2O2/c1-20(2)19-29(27(31)24-17-11-10-12-21(24)3)25(23-15-8-5-9-16-23)26(30)28-18-22-13-6-4-7-14-22/h4,6-7,10-14,17,23,25H,1,5,8-9,15-16,18-19H2,2-3H3,(H,28,30). The fourth-order valence-electron chi connectivity index (χ4n) is 4.50. The maximum atomic E-state index is 13.7. The highest BCUT2D eigenvalue weighted by Gasteiger charge is 2.37. The van der Waals surface area contributed by atoms with Gasteiger partial charge in [0.15, 0.2) is 0 Å². The van der Waals surface area contributed by atoms with Gasteiger partial charge >= 0.3 is 0 Å². The topological polar surface area (TPSA) is 49.4 Å². The minimum atomic E-state index is -0.493. The zero-order chi connectivity index (χ0) is 22.2. The van der Waals surface area contributed by atoms with Crippen LogP contribution in [0.3, 0.4) is 0 Å². The second-order valence-corrected chi connectivity index (χ2v) is 8.75. The molecule has 0 bridgehead atoms. The summed E-state index contributed by atoms with van der Waals surface area (Å²) in [5.74, 6) is 0.00214. The van der Waals surface area contributed by atoms with Crippen LogP contribution in [-0.2, 0) is 11.3 Å². The number of aryl methyl sites for hydroxylation is 1. The quantitative estimate of drug-likeness (QED) is 0.593. The van der Waals surface area contributed by atoms with Gasteiger partial charge in [0.1, 0.15) is 6.04 Å². The van der Waals surface area contributed by atoms with Gasteiger partial charge in [0.2, 0.25) is 5.91 Å². The Morgan fingerprint density at radius 3 is 2.32 bits per heavy atom. The first-order valence-electron chi connectivity index (χ1n) is 11.3. The highest BCUT2D eigenvalue weighted by atomic mass is 16.2. The monoisotopic (exact) mass is 418 g/mol. The van der Waals surface area contributed by atoms with Gasteiger partial charge in [-0.05, 0) is 49.8 Å². The Morgan fingerprint density at radius 2 is 1.68 bits per heavy atom. The lowest BCUT2D eigenvalue weighted by Crippen LogP contribution is -2.54. The molecule has 1 saturated carbocycles. The molecule has 0 aromatic heterocycles. The number of nitrogens with one attached hydrogen (secondary N) is 1. The molecule has 0 spiro atoms. The van der Waals surface area contributed by atoms with Crippen LogP contribution in [0.25, 0.3) is 0 Å². The SMILES string of the molecule is C=C(C)CN(C(=O)c1ccccc1C)C(C(=O)NCc1ccccc1)C1CCCCC1. The third kappa shape index (κ3) is 6.06. The molecule has 1 fully saturated rings. The molecular weight excluding hydrogens is 384 g/mol. The van der Waals surface area contributed by atoms with E-state index < -0.39 is 6.04 Å². The normalized spacial score (nSPS) is 15.2. The lowest BCUT2D eigenvalue weighted by molar-refractivity contribution is -0.128. The molecule has 1 atom stereocenters. The predicted octanol–water partition coefficient (Wildman–Crippen LogP) is 5.28. The Bertz CT molecular complexity index is 900. The van der Waals surface area contributed by atoms with E-state index in [9.17, 15) is 9.59 Å². The molecule has 164 valence electrons. The van der Waals surface area contributed by atoms with Gasteiger partial charge in [-0.25, -0.2) is 0 Å². The van der Waals surface area contributed by atoms with Crippen LogP contribution in [-0.4, -0.2) is 29.3 Å². The van der Waals surface area contributed by atoms with Crippen molar-refractivity contribution in [1.82, 2.24) is 10.2 Å². The number of benzene rings is 2. The number of nitrogens with zero attached hydrogens (tertiary/aromatic N) is 1. The first kappa shape index (κ1) is 22.8. The molecule has 0 radical (unpaired) electrons. The van der Waals surface area contributed by atoms with Crippen molar-refractivity contribution in [1.29, 1.82) is 0 Å². The molecular formula is C27H34N2O2. The van der Waals surface area contributed by atoms with Crippen molar-refractivity contribution < 1.29 is 9.59 Å². The van der Waals surface area contributed by atoms with E-state index in [-0.39, 0.29) is 17.7 Å². The van der Waals surface area contributed by atoms with Gasteiger partial charge in [-0.2, -0.15) is 0 Å². The zero-order valence-corrected chi connectivity index (χ0v) is 18.8. The summed E-state index contributed by atoms with van der Waals surface area (Å²) < 4.78 is 0. The second kappa shape index (κ2) is 10.9. The summed E-state index contributed by atoms with van der Waals surface area (Å²) in [7, 11) is 0. The lowest BCUT2D eigenvalue weighted by Gasteiger charge is -2.38. The van der Waals surface area contributed by atoms with Gasteiger partial charge in [0, 0.05) is 18.7 Å². The highest BCUT2D eigenvalue weighted by Crippen LogP contribution is 2.31. The van der Waals surface area contributed by atoms with E-state index in [4.69, 9.17) is 0 Å². The number of hydrogen-bond acceptors (Lipinski definition) is 2. The van der Waals surface area contributed by atoms with Crippen LogP contribution in [0.5, 0.6) is 0 Å². The van der Waals surface area contributed by atoms with Crippen LogP contribution >= 0.6 is 0 Å². The molecule has 1 aliphatic rings. The molecule has 3 rings (SSSR count). The van der Waals surface area contributed by atoms with Crippen LogP contribution in [0.4, 0.5) is 0 Å². The van der Waals surface area contributed by atoms with E-state index in [1.54, 1.807) is 4.90 Å². The largest absolute Gasteiger partial charge is 0.350 e. The molecule has 0 aliphatic heterocycles. The van der Waals surface area contributed by atoms with E-state index >= 15 is 0 Å². The Labute approximate surface area is 186 Å². The molecule has 1 aliphatic carbocycles.